The number of methoxy groups -OCH3 is 1. The molecular formula is C19H23N3O3. The molecule has 1 aliphatic heterocycles. The number of nitrogens with zero attached hydrogens (tertiary/aromatic N) is 2. The number of hydrogen-bond donors (Lipinski definition) is 1. The molecule has 132 valence electrons. The van der Waals surface area contributed by atoms with Gasteiger partial charge < -0.3 is 19.7 Å². The molecule has 2 fully saturated rings. The summed E-state index contributed by atoms with van der Waals surface area (Å²) < 4.78 is 11.3. The predicted octanol–water partition coefficient (Wildman–Crippen LogP) is 1.69. The first-order chi connectivity index (χ1) is 12.1. The SMILES string of the molecule is COc1cc(C(=O)N[C@H]2[C@H]3CCO[C@H]3[C@@H]2N(C)C)nc2ccccc12. The monoisotopic (exact) mass is 341 g/mol. The molecule has 2 aliphatic rings. The van der Waals surface area contributed by atoms with Gasteiger partial charge in [0, 0.05) is 24.0 Å². The Morgan fingerprint density at radius 3 is 2.92 bits per heavy atom. The lowest BCUT2D eigenvalue weighted by Gasteiger charge is -2.50. The molecule has 0 bridgehead atoms. The van der Waals surface area contributed by atoms with Crippen molar-refractivity contribution in [3.63, 3.8) is 0 Å². The van der Waals surface area contributed by atoms with Gasteiger partial charge in [0.15, 0.2) is 0 Å². The van der Waals surface area contributed by atoms with E-state index in [-0.39, 0.29) is 24.1 Å². The maximum Gasteiger partial charge on any atom is 0.270 e. The van der Waals surface area contributed by atoms with Crippen LogP contribution in [0.3, 0.4) is 0 Å². The summed E-state index contributed by atoms with van der Waals surface area (Å²) in [6.45, 7) is 0.772. The van der Waals surface area contributed by atoms with Crippen LogP contribution in [0.4, 0.5) is 0 Å². The standard InChI is InChI=1S/C19H23N3O3/c1-22(2)17-16(12-8-9-25-18(12)17)21-19(23)14-10-15(24-3)11-6-4-5-7-13(11)20-14/h4-7,10,12,16-18H,8-9H2,1-3H3,(H,21,23)/t12-,16+,17-,18-/m1/s1. The Morgan fingerprint density at radius 2 is 2.16 bits per heavy atom. The van der Waals surface area contributed by atoms with Crippen LogP contribution in [0.25, 0.3) is 10.9 Å². The van der Waals surface area contributed by atoms with Crippen molar-refractivity contribution in [3.8, 4) is 5.75 Å². The highest BCUT2D eigenvalue weighted by Crippen LogP contribution is 2.41. The predicted molar refractivity (Wildman–Crippen MR) is 94.9 cm³/mol. The van der Waals surface area contributed by atoms with Gasteiger partial charge in [0.25, 0.3) is 5.91 Å². The van der Waals surface area contributed by atoms with Crippen molar-refractivity contribution < 1.29 is 14.3 Å². The van der Waals surface area contributed by atoms with Gasteiger partial charge in [-0.2, -0.15) is 0 Å². The highest BCUT2D eigenvalue weighted by atomic mass is 16.5. The Labute approximate surface area is 147 Å². The minimum absolute atomic E-state index is 0.0919. The van der Waals surface area contributed by atoms with Crippen molar-refractivity contribution in [2.24, 2.45) is 5.92 Å². The lowest BCUT2D eigenvalue weighted by atomic mass is 9.71. The van der Waals surface area contributed by atoms with Gasteiger partial charge in [-0.1, -0.05) is 12.1 Å². The summed E-state index contributed by atoms with van der Waals surface area (Å²) in [4.78, 5) is 19.5. The summed E-state index contributed by atoms with van der Waals surface area (Å²) in [5.74, 6) is 0.889. The van der Waals surface area contributed by atoms with Crippen LogP contribution in [0.15, 0.2) is 30.3 Å². The van der Waals surface area contributed by atoms with Crippen molar-refractivity contribution in [3.05, 3.63) is 36.0 Å². The van der Waals surface area contributed by atoms with E-state index in [1.54, 1.807) is 13.2 Å². The fourth-order valence-corrected chi connectivity index (χ4v) is 4.14. The number of carbonyl (C=O) groups is 1. The molecule has 0 unspecified atom stereocenters. The Hall–Kier alpha value is -2.18. The van der Waals surface area contributed by atoms with Crippen molar-refractivity contribution in [2.75, 3.05) is 27.8 Å². The molecule has 1 aromatic carbocycles. The average Bonchev–Trinajstić information content (AvgIpc) is 3.01. The van der Waals surface area contributed by atoms with E-state index in [1.165, 1.54) is 0 Å². The molecule has 25 heavy (non-hydrogen) atoms. The Balaban J connectivity index is 1.60. The lowest BCUT2D eigenvalue weighted by molar-refractivity contribution is -0.0664. The molecule has 1 aromatic heterocycles. The summed E-state index contributed by atoms with van der Waals surface area (Å²) in [7, 11) is 5.66. The number of likely N-dealkylation sites (N-methyl/N-ethyl adjacent to an activating group) is 1. The number of benzene rings is 1. The molecule has 1 aliphatic carbocycles. The van der Waals surface area contributed by atoms with Gasteiger partial charge in [-0.05, 0) is 32.6 Å². The molecule has 1 amide bonds. The van der Waals surface area contributed by atoms with Crippen LogP contribution in [0.5, 0.6) is 5.75 Å². The van der Waals surface area contributed by atoms with Gasteiger partial charge in [0.2, 0.25) is 0 Å². The van der Waals surface area contributed by atoms with Crippen LogP contribution in [-0.4, -0.2) is 61.8 Å². The smallest absolute Gasteiger partial charge is 0.270 e. The van der Waals surface area contributed by atoms with E-state index in [1.807, 2.05) is 38.4 Å². The van der Waals surface area contributed by atoms with Crippen LogP contribution >= 0.6 is 0 Å². The van der Waals surface area contributed by atoms with E-state index in [0.717, 1.165) is 23.9 Å². The summed E-state index contributed by atoms with van der Waals surface area (Å²) >= 11 is 0. The topological polar surface area (TPSA) is 63.7 Å². The highest BCUT2D eigenvalue weighted by molar-refractivity contribution is 5.97. The van der Waals surface area contributed by atoms with Crippen molar-refractivity contribution >= 4 is 16.8 Å². The van der Waals surface area contributed by atoms with Crippen LogP contribution < -0.4 is 10.1 Å². The molecule has 4 rings (SSSR count). The zero-order chi connectivity index (χ0) is 17.6. The molecule has 0 radical (unpaired) electrons. The second kappa shape index (κ2) is 6.28. The van der Waals surface area contributed by atoms with Gasteiger partial charge in [-0.25, -0.2) is 4.98 Å². The van der Waals surface area contributed by atoms with Gasteiger partial charge in [0.05, 0.1) is 30.8 Å². The minimum atomic E-state index is -0.161. The second-order valence-electron chi connectivity index (χ2n) is 6.97. The van der Waals surface area contributed by atoms with Gasteiger partial charge >= 0.3 is 0 Å². The van der Waals surface area contributed by atoms with Crippen molar-refractivity contribution in [2.45, 2.75) is 24.6 Å². The Kier molecular flexibility index (Phi) is 4.09. The maximum atomic E-state index is 12.8. The molecule has 1 saturated heterocycles. The van der Waals surface area contributed by atoms with E-state index >= 15 is 0 Å². The third-order valence-electron chi connectivity index (χ3n) is 5.37. The highest BCUT2D eigenvalue weighted by Gasteiger charge is 2.55. The van der Waals surface area contributed by atoms with Crippen LogP contribution in [0.2, 0.25) is 0 Å². The number of hydrogen-bond acceptors (Lipinski definition) is 5. The fraction of sp³-hybridized carbons (Fsp3) is 0.474. The van der Waals surface area contributed by atoms with E-state index in [0.29, 0.717) is 17.4 Å². The third kappa shape index (κ3) is 2.65. The molecule has 4 atom stereocenters. The van der Waals surface area contributed by atoms with Gasteiger partial charge in [-0.15, -0.1) is 0 Å². The fourth-order valence-electron chi connectivity index (χ4n) is 4.14. The number of ether oxygens (including phenoxy) is 2. The van der Waals surface area contributed by atoms with Gasteiger partial charge in [-0.3, -0.25) is 4.79 Å². The molecular weight excluding hydrogens is 318 g/mol. The number of amides is 1. The van der Waals surface area contributed by atoms with E-state index < -0.39 is 0 Å². The first kappa shape index (κ1) is 16.3. The molecule has 6 nitrogen and oxygen atoms in total. The van der Waals surface area contributed by atoms with E-state index in [4.69, 9.17) is 9.47 Å². The maximum absolute atomic E-state index is 12.8. The number of fused-ring (bicyclic) bond motifs is 2. The van der Waals surface area contributed by atoms with Crippen LogP contribution in [-0.2, 0) is 4.74 Å². The van der Waals surface area contributed by atoms with E-state index in [2.05, 4.69) is 15.2 Å². The third-order valence-corrected chi connectivity index (χ3v) is 5.37. The van der Waals surface area contributed by atoms with E-state index in [9.17, 15) is 4.79 Å². The van der Waals surface area contributed by atoms with Gasteiger partial charge in [0.1, 0.15) is 11.4 Å². The van der Waals surface area contributed by atoms with Crippen molar-refractivity contribution in [1.82, 2.24) is 15.2 Å². The number of nitrogens with one attached hydrogen (secondary N) is 1. The van der Waals surface area contributed by atoms with Crippen LogP contribution in [0.1, 0.15) is 16.9 Å². The number of aromatic nitrogens is 1. The number of pyridine rings is 1. The number of carbonyl (C=O) groups excluding carboxylic acids is 1. The molecule has 1 saturated carbocycles. The quantitative estimate of drug-likeness (QED) is 0.917. The largest absolute Gasteiger partial charge is 0.496 e. The molecule has 1 N–H and O–H groups in total. The Morgan fingerprint density at radius 1 is 1.36 bits per heavy atom. The summed E-state index contributed by atoms with van der Waals surface area (Å²) in [5, 5.41) is 4.08. The zero-order valence-corrected chi connectivity index (χ0v) is 14.7. The first-order valence-corrected chi connectivity index (χ1v) is 8.63. The Bertz CT molecular complexity index is 808. The first-order valence-electron chi connectivity index (χ1n) is 8.63. The minimum Gasteiger partial charge on any atom is -0.496 e. The molecule has 6 heteroatoms. The molecule has 0 spiro atoms. The summed E-state index contributed by atoms with van der Waals surface area (Å²) in [5.41, 5.74) is 1.14. The van der Waals surface area contributed by atoms with Crippen LogP contribution in [0, 0.1) is 5.92 Å². The number of para-hydroxylation sites is 1. The molecule has 2 heterocycles. The van der Waals surface area contributed by atoms with Crippen molar-refractivity contribution in [1.29, 1.82) is 0 Å². The molecule has 2 aromatic rings. The average molecular weight is 341 g/mol. The summed E-state index contributed by atoms with van der Waals surface area (Å²) in [6, 6.07) is 9.68. The normalized spacial score (nSPS) is 27.8. The number of rotatable bonds is 4. The summed E-state index contributed by atoms with van der Waals surface area (Å²) in [6.07, 6.45) is 1.22. The second-order valence-corrected chi connectivity index (χ2v) is 6.97. The zero-order valence-electron chi connectivity index (χ0n) is 14.7. The lowest BCUT2D eigenvalue weighted by Crippen LogP contribution is -2.69.